The highest BCUT2D eigenvalue weighted by molar-refractivity contribution is 8.13. The molecule has 0 unspecified atom stereocenters. The molecule has 7 heteroatoms. The lowest BCUT2D eigenvalue weighted by atomic mass is 9.93. The monoisotopic (exact) mass is 319 g/mol. The molecule has 0 spiro atoms. The van der Waals surface area contributed by atoms with Crippen LogP contribution in [-0.2, 0) is 9.05 Å². The number of carbonyl (C=O) groups excluding carboxylic acids is 1. The van der Waals surface area contributed by atoms with Crippen LogP contribution in [0.3, 0.4) is 0 Å². The van der Waals surface area contributed by atoms with Gasteiger partial charge in [0.05, 0.1) is 4.90 Å². The van der Waals surface area contributed by atoms with E-state index in [0.29, 0.717) is 13.1 Å². The summed E-state index contributed by atoms with van der Waals surface area (Å²) in [4.78, 5) is 13.5. The molecule has 0 atom stereocenters. The van der Waals surface area contributed by atoms with Crippen LogP contribution in [-0.4, -0.2) is 32.3 Å². The Labute approximate surface area is 121 Å². The van der Waals surface area contributed by atoms with Crippen LogP contribution in [0, 0.1) is 11.2 Å². The highest BCUT2D eigenvalue weighted by Gasteiger charge is 2.32. The van der Waals surface area contributed by atoms with Gasteiger partial charge in [0.15, 0.2) is 0 Å². The number of nitrogens with zero attached hydrogens (tertiary/aromatic N) is 1. The van der Waals surface area contributed by atoms with Crippen molar-refractivity contribution in [2.75, 3.05) is 13.1 Å². The molecule has 0 saturated carbocycles. The highest BCUT2D eigenvalue weighted by Crippen LogP contribution is 2.30. The van der Waals surface area contributed by atoms with Crippen LogP contribution in [0.15, 0.2) is 23.1 Å². The quantitative estimate of drug-likeness (QED) is 0.787. The van der Waals surface area contributed by atoms with Gasteiger partial charge in [-0.1, -0.05) is 13.8 Å². The lowest BCUT2D eigenvalue weighted by Gasteiger charge is -2.20. The number of hydrogen-bond donors (Lipinski definition) is 0. The molecule has 1 aliphatic heterocycles. The van der Waals surface area contributed by atoms with E-state index >= 15 is 0 Å². The smallest absolute Gasteiger partial charge is 0.261 e. The van der Waals surface area contributed by atoms with Crippen molar-refractivity contribution in [2.24, 2.45) is 5.41 Å². The van der Waals surface area contributed by atoms with Crippen LogP contribution in [0.2, 0.25) is 0 Å². The molecule has 1 heterocycles. The van der Waals surface area contributed by atoms with E-state index in [0.717, 1.165) is 24.6 Å². The maximum Gasteiger partial charge on any atom is 0.261 e. The first-order valence-corrected chi connectivity index (χ1v) is 8.44. The Bertz CT molecular complexity index is 658. The van der Waals surface area contributed by atoms with Gasteiger partial charge < -0.3 is 4.90 Å². The summed E-state index contributed by atoms with van der Waals surface area (Å²) in [5.74, 6) is -1.18. The Kier molecular flexibility index (Phi) is 3.81. The summed E-state index contributed by atoms with van der Waals surface area (Å²) < 4.78 is 36.0. The second-order valence-electron chi connectivity index (χ2n) is 5.75. The van der Waals surface area contributed by atoms with E-state index in [9.17, 15) is 17.6 Å². The SMILES string of the molecule is CC1(C)CCN(C(=O)c2cc(F)cc(S(=O)(=O)Cl)c2)C1. The van der Waals surface area contributed by atoms with E-state index < -0.39 is 19.8 Å². The number of halogens is 2. The molecule has 2 rings (SSSR count). The molecule has 0 aromatic heterocycles. The highest BCUT2D eigenvalue weighted by atomic mass is 35.7. The first-order valence-electron chi connectivity index (χ1n) is 6.13. The first-order chi connectivity index (χ1) is 9.08. The summed E-state index contributed by atoms with van der Waals surface area (Å²) in [6.07, 6.45) is 0.856. The van der Waals surface area contributed by atoms with Gasteiger partial charge in [-0.15, -0.1) is 0 Å². The average molecular weight is 320 g/mol. The fourth-order valence-corrected chi connectivity index (χ4v) is 3.08. The third-order valence-corrected chi connectivity index (χ3v) is 4.70. The topological polar surface area (TPSA) is 54.5 Å². The molecule has 20 heavy (non-hydrogen) atoms. The van der Waals surface area contributed by atoms with Crippen LogP contribution in [0.1, 0.15) is 30.6 Å². The lowest BCUT2D eigenvalue weighted by Crippen LogP contribution is -2.30. The molecule has 1 aromatic carbocycles. The molecular formula is C13H15ClFNO3S. The van der Waals surface area contributed by atoms with Crippen molar-refractivity contribution >= 4 is 25.6 Å². The molecule has 1 aliphatic rings. The van der Waals surface area contributed by atoms with Crippen molar-refractivity contribution in [3.63, 3.8) is 0 Å². The van der Waals surface area contributed by atoms with Crippen molar-refractivity contribution in [1.82, 2.24) is 4.90 Å². The van der Waals surface area contributed by atoms with Gasteiger partial charge in [0.2, 0.25) is 0 Å². The van der Waals surface area contributed by atoms with Gasteiger partial charge in [-0.3, -0.25) is 4.79 Å². The standard InChI is InChI=1S/C13H15ClFNO3S/c1-13(2)3-4-16(8-13)12(17)9-5-10(15)7-11(6-9)20(14,18)19/h5-7H,3-4,8H2,1-2H3. The number of amides is 1. The molecular weight excluding hydrogens is 305 g/mol. The molecule has 4 nitrogen and oxygen atoms in total. The van der Waals surface area contributed by atoms with Crippen molar-refractivity contribution in [2.45, 2.75) is 25.2 Å². The number of rotatable bonds is 2. The minimum Gasteiger partial charge on any atom is -0.338 e. The van der Waals surface area contributed by atoms with E-state index in [1.807, 2.05) is 13.8 Å². The summed E-state index contributed by atoms with van der Waals surface area (Å²) in [5.41, 5.74) is 0.0200. The zero-order chi connectivity index (χ0) is 15.1. The Morgan fingerprint density at radius 2 is 2.00 bits per heavy atom. The maximum absolute atomic E-state index is 13.5. The van der Waals surface area contributed by atoms with E-state index in [-0.39, 0.29) is 16.9 Å². The Morgan fingerprint density at radius 1 is 1.35 bits per heavy atom. The molecule has 110 valence electrons. The number of likely N-dealkylation sites (tertiary alicyclic amines) is 1. The van der Waals surface area contributed by atoms with Gasteiger partial charge in [0.25, 0.3) is 15.0 Å². The second-order valence-corrected chi connectivity index (χ2v) is 8.32. The third-order valence-electron chi connectivity index (χ3n) is 3.36. The number of benzene rings is 1. The zero-order valence-electron chi connectivity index (χ0n) is 11.2. The second kappa shape index (κ2) is 5.00. The van der Waals surface area contributed by atoms with Crippen LogP contribution < -0.4 is 0 Å². The predicted octanol–water partition coefficient (Wildman–Crippen LogP) is 2.63. The summed E-state index contributed by atoms with van der Waals surface area (Å²) in [7, 11) is 1.13. The minimum atomic E-state index is -4.07. The molecule has 0 bridgehead atoms. The predicted molar refractivity (Wildman–Crippen MR) is 73.7 cm³/mol. The summed E-state index contributed by atoms with van der Waals surface area (Å²) in [6.45, 7) is 5.22. The average Bonchev–Trinajstić information content (AvgIpc) is 2.67. The van der Waals surface area contributed by atoms with E-state index in [2.05, 4.69) is 0 Å². The van der Waals surface area contributed by atoms with E-state index in [1.54, 1.807) is 4.90 Å². The van der Waals surface area contributed by atoms with Crippen molar-refractivity contribution in [1.29, 1.82) is 0 Å². The molecule has 1 aromatic rings. The number of hydrogen-bond acceptors (Lipinski definition) is 3. The van der Waals surface area contributed by atoms with Crippen LogP contribution in [0.4, 0.5) is 4.39 Å². The fraction of sp³-hybridized carbons (Fsp3) is 0.462. The third kappa shape index (κ3) is 3.30. The molecule has 0 radical (unpaired) electrons. The summed E-state index contributed by atoms with van der Waals surface area (Å²) >= 11 is 0. The Balaban J connectivity index is 2.34. The normalized spacial score (nSPS) is 18.3. The molecule has 1 fully saturated rings. The van der Waals surface area contributed by atoms with Crippen LogP contribution >= 0.6 is 10.7 Å². The fourth-order valence-electron chi connectivity index (χ4n) is 2.30. The van der Waals surface area contributed by atoms with Gasteiger partial charge >= 0.3 is 0 Å². The summed E-state index contributed by atoms with van der Waals surface area (Å²) in [6, 6.07) is 2.94. The lowest BCUT2D eigenvalue weighted by molar-refractivity contribution is 0.0777. The Hall–Kier alpha value is -1.14. The van der Waals surface area contributed by atoms with Gasteiger partial charge in [-0.05, 0) is 30.0 Å². The number of carbonyl (C=O) groups is 1. The van der Waals surface area contributed by atoms with E-state index in [4.69, 9.17) is 10.7 Å². The maximum atomic E-state index is 13.5. The van der Waals surface area contributed by atoms with Crippen molar-refractivity contribution in [3.05, 3.63) is 29.6 Å². The van der Waals surface area contributed by atoms with Crippen LogP contribution in [0.5, 0.6) is 0 Å². The zero-order valence-corrected chi connectivity index (χ0v) is 12.8. The first kappa shape index (κ1) is 15.3. The van der Waals surface area contributed by atoms with Gasteiger partial charge in [-0.25, -0.2) is 12.8 Å². The molecule has 1 amide bonds. The van der Waals surface area contributed by atoms with E-state index in [1.165, 1.54) is 0 Å². The molecule has 0 aliphatic carbocycles. The van der Waals surface area contributed by atoms with Gasteiger partial charge in [0, 0.05) is 29.3 Å². The van der Waals surface area contributed by atoms with Crippen molar-refractivity contribution < 1.29 is 17.6 Å². The largest absolute Gasteiger partial charge is 0.338 e. The summed E-state index contributed by atoms with van der Waals surface area (Å²) in [5, 5.41) is 0. The van der Waals surface area contributed by atoms with Gasteiger partial charge in [-0.2, -0.15) is 0 Å². The van der Waals surface area contributed by atoms with Gasteiger partial charge in [0.1, 0.15) is 5.82 Å². The van der Waals surface area contributed by atoms with Crippen molar-refractivity contribution in [3.8, 4) is 0 Å². The minimum absolute atomic E-state index is 0.00178. The molecule has 0 N–H and O–H groups in total. The Morgan fingerprint density at radius 3 is 2.50 bits per heavy atom. The molecule has 1 saturated heterocycles. The van der Waals surface area contributed by atoms with Crippen LogP contribution in [0.25, 0.3) is 0 Å².